The molecule has 2 nitrogen and oxygen atoms in total. The van der Waals surface area contributed by atoms with Crippen molar-refractivity contribution in [3.63, 3.8) is 0 Å². The van der Waals surface area contributed by atoms with E-state index in [0.29, 0.717) is 6.04 Å². The van der Waals surface area contributed by atoms with Crippen molar-refractivity contribution in [2.24, 2.45) is 5.92 Å². The van der Waals surface area contributed by atoms with Gasteiger partial charge in [0.15, 0.2) is 0 Å². The van der Waals surface area contributed by atoms with Crippen LogP contribution in [0.25, 0.3) is 0 Å². The lowest BCUT2D eigenvalue weighted by atomic mass is 10.0. The van der Waals surface area contributed by atoms with Crippen molar-refractivity contribution in [2.75, 3.05) is 20.1 Å². The molecule has 0 aliphatic heterocycles. The van der Waals surface area contributed by atoms with Crippen LogP contribution in [-0.4, -0.2) is 31.1 Å². The van der Waals surface area contributed by atoms with E-state index in [1.807, 2.05) is 6.07 Å². The third kappa shape index (κ3) is 5.28. The number of benzene rings is 1. The van der Waals surface area contributed by atoms with Gasteiger partial charge in [-0.1, -0.05) is 30.7 Å². The minimum atomic E-state index is 0.400. The zero-order chi connectivity index (χ0) is 15.2. The van der Waals surface area contributed by atoms with Crippen LogP contribution in [0.15, 0.2) is 24.3 Å². The van der Waals surface area contributed by atoms with E-state index in [1.54, 1.807) is 0 Å². The van der Waals surface area contributed by atoms with E-state index in [-0.39, 0.29) is 0 Å². The summed E-state index contributed by atoms with van der Waals surface area (Å²) in [6.07, 6.45) is 5.12. The van der Waals surface area contributed by atoms with E-state index in [1.165, 1.54) is 18.4 Å². The fourth-order valence-electron chi connectivity index (χ4n) is 2.90. The molecular weight excluding hydrogens is 280 g/mol. The molecule has 0 heterocycles. The van der Waals surface area contributed by atoms with Crippen LogP contribution in [-0.2, 0) is 0 Å². The molecule has 0 amide bonds. The van der Waals surface area contributed by atoms with Gasteiger partial charge >= 0.3 is 0 Å². The van der Waals surface area contributed by atoms with E-state index in [4.69, 9.17) is 11.6 Å². The standard InChI is InChI=1S/C18H29ClN2/c1-4-11-20-18(16-6-5-7-17(19)13-16)10-12-21(3)14(2)15-8-9-15/h5-7,13-15,18,20H,4,8-12H2,1-3H3. The lowest BCUT2D eigenvalue weighted by Crippen LogP contribution is -2.34. The minimum Gasteiger partial charge on any atom is -0.310 e. The molecule has 1 aliphatic carbocycles. The van der Waals surface area contributed by atoms with Crippen molar-refractivity contribution in [3.8, 4) is 0 Å². The van der Waals surface area contributed by atoms with Gasteiger partial charge < -0.3 is 10.2 Å². The Morgan fingerprint density at radius 2 is 2.14 bits per heavy atom. The molecule has 2 unspecified atom stereocenters. The maximum Gasteiger partial charge on any atom is 0.0409 e. The normalized spacial score (nSPS) is 18.0. The number of hydrogen-bond acceptors (Lipinski definition) is 2. The Balaban J connectivity index is 1.92. The highest BCUT2D eigenvalue weighted by Gasteiger charge is 2.30. The Kier molecular flexibility index (Phi) is 6.53. The summed E-state index contributed by atoms with van der Waals surface area (Å²) in [5.41, 5.74) is 1.31. The predicted molar refractivity (Wildman–Crippen MR) is 91.9 cm³/mol. The number of halogens is 1. The molecule has 0 spiro atoms. The third-order valence-corrected chi connectivity index (χ3v) is 4.90. The van der Waals surface area contributed by atoms with Crippen LogP contribution in [0.4, 0.5) is 0 Å². The lowest BCUT2D eigenvalue weighted by Gasteiger charge is -2.27. The fraction of sp³-hybridized carbons (Fsp3) is 0.667. The molecule has 2 atom stereocenters. The number of rotatable bonds is 9. The molecule has 0 aromatic heterocycles. The monoisotopic (exact) mass is 308 g/mol. The second kappa shape index (κ2) is 8.17. The molecule has 0 saturated heterocycles. The largest absolute Gasteiger partial charge is 0.310 e. The van der Waals surface area contributed by atoms with Gasteiger partial charge in [-0.3, -0.25) is 0 Å². The van der Waals surface area contributed by atoms with Gasteiger partial charge in [0, 0.05) is 17.1 Å². The van der Waals surface area contributed by atoms with Gasteiger partial charge in [-0.25, -0.2) is 0 Å². The number of nitrogens with one attached hydrogen (secondary N) is 1. The first-order chi connectivity index (χ1) is 10.1. The second-order valence-corrected chi connectivity index (χ2v) is 6.85. The van der Waals surface area contributed by atoms with Gasteiger partial charge in [-0.15, -0.1) is 0 Å². The van der Waals surface area contributed by atoms with Crippen molar-refractivity contribution in [1.29, 1.82) is 0 Å². The molecular formula is C18H29ClN2. The first-order valence-electron chi connectivity index (χ1n) is 8.31. The summed E-state index contributed by atoms with van der Waals surface area (Å²) in [6, 6.07) is 9.40. The third-order valence-electron chi connectivity index (χ3n) is 4.66. The summed E-state index contributed by atoms with van der Waals surface area (Å²) in [7, 11) is 2.26. The zero-order valence-corrected chi connectivity index (χ0v) is 14.4. The van der Waals surface area contributed by atoms with E-state index in [9.17, 15) is 0 Å². The summed E-state index contributed by atoms with van der Waals surface area (Å²) >= 11 is 6.15. The summed E-state index contributed by atoms with van der Waals surface area (Å²) in [6.45, 7) is 6.76. The van der Waals surface area contributed by atoms with E-state index in [0.717, 1.165) is 42.9 Å². The smallest absolute Gasteiger partial charge is 0.0409 e. The first-order valence-corrected chi connectivity index (χ1v) is 8.68. The van der Waals surface area contributed by atoms with Crippen molar-refractivity contribution in [3.05, 3.63) is 34.9 Å². The van der Waals surface area contributed by atoms with E-state index >= 15 is 0 Å². The summed E-state index contributed by atoms with van der Waals surface area (Å²) in [4.78, 5) is 2.52. The highest BCUT2D eigenvalue weighted by Crippen LogP contribution is 2.35. The summed E-state index contributed by atoms with van der Waals surface area (Å²) < 4.78 is 0. The average Bonchev–Trinajstić information content (AvgIpc) is 3.31. The first kappa shape index (κ1) is 16.8. The quantitative estimate of drug-likeness (QED) is 0.722. The second-order valence-electron chi connectivity index (χ2n) is 6.41. The predicted octanol–water partition coefficient (Wildman–Crippen LogP) is 4.50. The van der Waals surface area contributed by atoms with Gasteiger partial charge in [0.1, 0.15) is 0 Å². The number of nitrogens with zero attached hydrogens (tertiary/aromatic N) is 1. The molecule has 1 aliphatic rings. The zero-order valence-electron chi connectivity index (χ0n) is 13.6. The molecule has 1 aromatic carbocycles. The van der Waals surface area contributed by atoms with Crippen LogP contribution in [0.3, 0.4) is 0 Å². The maximum atomic E-state index is 6.15. The van der Waals surface area contributed by atoms with Crippen molar-refractivity contribution in [2.45, 2.75) is 51.6 Å². The van der Waals surface area contributed by atoms with Crippen LogP contribution < -0.4 is 5.32 Å². The molecule has 1 N–H and O–H groups in total. The summed E-state index contributed by atoms with van der Waals surface area (Å²) in [5.74, 6) is 0.934. The Morgan fingerprint density at radius 1 is 1.38 bits per heavy atom. The Morgan fingerprint density at radius 3 is 2.76 bits per heavy atom. The lowest BCUT2D eigenvalue weighted by molar-refractivity contribution is 0.222. The minimum absolute atomic E-state index is 0.400. The molecule has 3 heteroatoms. The van der Waals surface area contributed by atoms with Crippen molar-refractivity contribution in [1.82, 2.24) is 10.2 Å². The Hall–Kier alpha value is -0.570. The maximum absolute atomic E-state index is 6.15. The van der Waals surface area contributed by atoms with Gasteiger partial charge in [0.25, 0.3) is 0 Å². The van der Waals surface area contributed by atoms with Crippen LogP contribution in [0, 0.1) is 5.92 Å². The van der Waals surface area contributed by atoms with Gasteiger partial charge in [-0.2, -0.15) is 0 Å². The fourth-order valence-corrected chi connectivity index (χ4v) is 3.10. The van der Waals surface area contributed by atoms with Gasteiger partial charge in [-0.05, 0) is 76.4 Å². The van der Waals surface area contributed by atoms with Gasteiger partial charge in [0.2, 0.25) is 0 Å². The van der Waals surface area contributed by atoms with Crippen molar-refractivity contribution >= 4 is 11.6 Å². The Bertz CT molecular complexity index is 431. The van der Waals surface area contributed by atoms with Crippen molar-refractivity contribution < 1.29 is 0 Å². The molecule has 1 aromatic rings. The Labute approximate surface area is 134 Å². The highest BCUT2D eigenvalue weighted by molar-refractivity contribution is 6.30. The molecule has 1 fully saturated rings. The number of hydrogen-bond donors (Lipinski definition) is 1. The van der Waals surface area contributed by atoms with E-state index < -0.39 is 0 Å². The van der Waals surface area contributed by atoms with Crippen LogP contribution in [0.5, 0.6) is 0 Å². The molecule has 0 bridgehead atoms. The SMILES string of the molecule is CCCNC(CCN(C)C(C)C1CC1)c1cccc(Cl)c1. The van der Waals surface area contributed by atoms with Crippen LogP contribution >= 0.6 is 11.6 Å². The topological polar surface area (TPSA) is 15.3 Å². The molecule has 0 radical (unpaired) electrons. The summed E-state index contributed by atoms with van der Waals surface area (Å²) in [5, 5.41) is 4.50. The highest BCUT2D eigenvalue weighted by atomic mass is 35.5. The molecule has 2 rings (SSSR count). The molecule has 118 valence electrons. The average molecular weight is 309 g/mol. The van der Waals surface area contributed by atoms with Crippen LogP contribution in [0.2, 0.25) is 5.02 Å². The molecule has 21 heavy (non-hydrogen) atoms. The molecule has 1 saturated carbocycles. The van der Waals surface area contributed by atoms with Crippen LogP contribution in [0.1, 0.15) is 51.1 Å². The van der Waals surface area contributed by atoms with Gasteiger partial charge in [0.05, 0.1) is 0 Å². The van der Waals surface area contributed by atoms with E-state index in [2.05, 4.69) is 49.3 Å².